The van der Waals surface area contributed by atoms with E-state index in [-0.39, 0.29) is 0 Å². The average Bonchev–Trinajstić information content (AvgIpc) is 2.48. The predicted molar refractivity (Wildman–Crippen MR) is 41.1 cm³/mol. The minimum atomic E-state index is 0.670. The molecule has 1 aromatic rings. The lowest BCUT2D eigenvalue weighted by Crippen LogP contribution is -2.11. The first-order valence-corrected chi connectivity index (χ1v) is 3.89. The van der Waals surface area contributed by atoms with Crippen LogP contribution in [-0.2, 0) is 13.0 Å². The van der Waals surface area contributed by atoms with E-state index < -0.39 is 0 Å². The van der Waals surface area contributed by atoms with E-state index in [1.165, 1.54) is 0 Å². The second kappa shape index (κ2) is 4.08. The summed E-state index contributed by atoms with van der Waals surface area (Å²) in [5, 5.41) is 6.87. The molecule has 1 rings (SSSR count). The van der Waals surface area contributed by atoms with Crippen molar-refractivity contribution in [2.75, 3.05) is 6.54 Å². The zero-order chi connectivity index (χ0) is 8.10. The van der Waals surface area contributed by atoms with E-state index in [0.717, 1.165) is 18.8 Å². The number of hydrogen-bond donors (Lipinski definition) is 1. The first-order valence-electron chi connectivity index (χ1n) is 3.89. The third-order valence-electron chi connectivity index (χ3n) is 1.35. The van der Waals surface area contributed by atoms with Crippen LogP contribution in [0.1, 0.15) is 25.6 Å². The highest BCUT2D eigenvalue weighted by atomic mass is 16.5. The Kier molecular flexibility index (Phi) is 3.04. The molecule has 0 radical (unpaired) electrons. The third kappa shape index (κ3) is 2.31. The van der Waals surface area contributed by atoms with Gasteiger partial charge in [-0.05, 0) is 6.54 Å². The fraction of sp³-hybridized carbons (Fsp3) is 0.714. The Morgan fingerprint density at radius 2 is 2.27 bits per heavy atom. The highest BCUT2D eigenvalue weighted by molar-refractivity contribution is 4.84. The maximum Gasteiger partial charge on any atom is 0.240 e. The molecule has 0 aliphatic heterocycles. The Balaban J connectivity index is 2.44. The summed E-state index contributed by atoms with van der Waals surface area (Å²) in [6.07, 6.45) is 0.829. The maximum atomic E-state index is 4.93. The fourth-order valence-electron chi connectivity index (χ4n) is 0.737. The van der Waals surface area contributed by atoms with Crippen molar-refractivity contribution >= 4 is 0 Å². The lowest BCUT2D eigenvalue weighted by atomic mass is 10.5. The molecule has 62 valence electrons. The molecule has 0 aromatic carbocycles. The molecule has 0 saturated carbocycles. The van der Waals surface area contributed by atoms with Crippen molar-refractivity contribution in [2.24, 2.45) is 0 Å². The average molecular weight is 155 g/mol. The summed E-state index contributed by atoms with van der Waals surface area (Å²) in [6, 6.07) is 0. The fourth-order valence-corrected chi connectivity index (χ4v) is 0.737. The van der Waals surface area contributed by atoms with Gasteiger partial charge in [0.2, 0.25) is 5.89 Å². The van der Waals surface area contributed by atoms with Crippen molar-refractivity contribution in [1.82, 2.24) is 15.5 Å². The predicted octanol–water partition coefficient (Wildman–Crippen LogP) is 0.742. The van der Waals surface area contributed by atoms with Gasteiger partial charge in [-0.3, -0.25) is 0 Å². The van der Waals surface area contributed by atoms with Crippen LogP contribution in [0.3, 0.4) is 0 Å². The molecular formula is C7H13N3O. The molecule has 0 fully saturated rings. The molecule has 4 heteroatoms. The number of rotatable bonds is 4. The summed E-state index contributed by atoms with van der Waals surface area (Å²) in [5.41, 5.74) is 0. The molecule has 1 heterocycles. The van der Waals surface area contributed by atoms with Crippen LogP contribution in [0.25, 0.3) is 0 Å². The summed E-state index contributed by atoms with van der Waals surface area (Å²) in [7, 11) is 0. The number of hydrogen-bond acceptors (Lipinski definition) is 4. The monoisotopic (exact) mass is 155 g/mol. The quantitative estimate of drug-likeness (QED) is 0.696. The first-order chi connectivity index (χ1) is 5.36. The largest absolute Gasteiger partial charge is 0.338 e. The molecule has 0 aliphatic rings. The first kappa shape index (κ1) is 8.20. The van der Waals surface area contributed by atoms with Gasteiger partial charge in [0.05, 0.1) is 6.54 Å². The molecule has 0 bridgehead atoms. The number of aryl methyl sites for hydroxylation is 1. The molecule has 1 aromatic heterocycles. The number of nitrogens with zero attached hydrogens (tertiary/aromatic N) is 2. The van der Waals surface area contributed by atoms with E-state index in [1.807, 2.05) is 13.8 Å². The van der Waals surface area contributed by atoms with Crippen LogP contribution < -0.4 is 5.32 Å². The van der Waals surface area contributed by atoms with Gasteiger partial charge in [0.1, 0.15) is 0 Å². The Bertz CT molecular complexity index is 209. The van der Waals surface area contributed by atoms with Crippen LogP contribution in [0.15, 0.2) is 4.52 Å². The number of aromatic nitrogens is 2. The van der Waals surface area contributed by atoms with Crippen molar-refractivity contribution in [2.45, 2.75) is 26.8 Å². The van der Waals surface area contributed by atoms with E-state index in [1.54, 1.807) is 0 Å². The molecule has 11 heavy (non-hydrogen) atoms. The Labute approximate surface area is 66.0 Å². The lowest BCUT2D eigenvalue weighted by Gasteiger charge is -1.91. The minimum Gasteiger partial charge on any atom is -0.338 e. The zero-order valence-corrected chi connectivity index (χ0v) is 6.92. The van der Waals surface area contributed by atoms with Gasteiger partial charge in [-0.25, -0.2) is 0 Å². The third-order valence-corrected chi connectivity index (χ3v) is 1.35. The van der Waals surface area contributed by atoms with E-state index in [4.69, 9.17) is 4.52 Å². The van der Waals surface area contributed by atoms with Gasteiger partial charge in [0.15, 0.2) is 5.82 Å². The molecule has 0 atom stereocenters. The van der Waals surface area contributed by atoms with Crippen LogP contribution in [0.4, 0.5) is 0 Å². The number of nitrogens with one attached hydrogen (secondary N) is 1. The molecule has 0 aliphatic carbocycles. The SMILES string of the molecule is CCNCc1nc(CC)no1. The van der Waals surface area contributed by atoms with Crippen molar-refractivity contribution in [1.29, 1.82) is 0 Å². The molecule has 0 unspecified atom stereocenters. The smallest absolute Gasteiger partial charge is 0.240 e. The normalized spacial score (nSPS) is 10.4. The zero-order valence-electron chi connectivity index (χ0n) is 6.92. The summed E-state index contributed by atoms with van der Waals surface area (Å²) < 4.78 is 4.93. The van der Waals surface area contributed by atoms with E-state index in [0.29, 0.717) is 12.4 Å². The molecule has 1 N–H and O–H groups in total. The van der Waals surface area contributed by atoms with Crippen LogP contribution in [-0.4, -0.2) is 16.7 Å². The van der Waals surface area contributed by atoms with Crippen molar-refractivity contribution < 1.29 is 4.52 Å². The maximum absolute atomic E-state index is 4.93. The lowest BCUT2D eigenvalue weighted by molar-refractivity contribution is 0.364. The summed E-state index contributed by atoms with van der Waals surface area (Å²) >= 11 is 0. The van der Waals surface area contributed by atoms with Gasteiger partial charge in [0.25, 0.3) is 0 Å². The van der Waals surface area contributed by atoms with Crippen LogP contribution in [0, 0.1) is 0 Å². The Morgan fingerprint density at radius 3 is 2.82 bits per heavy atom. The Hall–Kier alpha value is -0.900. The Morgan fingerprint density at radius 1 is 1.45 bits per heavy atom. The van der Waals surface area contributed by atoms with Gasteiger partial charge < -0.3 is 9.84 Å². The highest BCUT2D eigenvalue weighted by Crippen LogP contribution is 1.96. The van der Waals surface area contributed by atoms with Gasteiger partial charge in [-0.1, -0.05) is 19.0 Å². The van der Waals surface area contributed by atoms with E-state index in [9.17, 15) is 0 Å². The van der Waals surface area contributed by atoms with E-state index >= 15 is 0 Å². The van der Waals surface area contributed by atoms with Gasteiger partial charge in [0, 0.05) is 6.42 Å². The second-order valence-corrected chi connectivity index (χ2v) is 2.24. The van der Waals surface area contributed by atoms with Crippen LogP contribution in [0.5, 0.6) is 0 Å². The van der Waals surface area contributed by atoms with E-state index in [2.05, 4.69) is 15.5 Å². The second-order valence-electron chi connectivity index (χ2n) is 2.24. The van der Waals surface area contributed by atoms with Crippen molar-refractivity contribution in [3.8, 4) is 0 Å². The van der Waals surface area contributed by atoms with Crippen molar-refractivity contribution in [3.63, 3.8) is 0 Å². The molecule has 0 saturated heterocycles. The summed E-state index contributed by atoms with van der Waals surface area (Å²) in [6.45, 7) is 5.63. The minimum absolute atomic E-state index is 0.670. The molecule has 0 amide bonds. The molecule has 0 spiro atoms. The van der Waals surface area contributed by atoms with Crippen LogP contribution in [0.2, 0.25) is 0 Å². The molecular weight excluding hydrogens is 142 g/mol. The van der Waals surface area contributed by atoms with Crippen molar-refractivity contribution in [3.05, 3.63) is 11.7 Å². The summed E-state index contributed by atoms with van der Waals surface area (Å²) in [5.74, 6) is 1.45. The van der Waals surface area contributed by atoms with Crippen LogP contribution >= 0.6 is 0 Å². The van der Waals surface area contributed by atoms with Gasteiger partial charge in [-0.15, -0.1) is 0 Å². The topological polar surface area (TPSA) is 51.0 Å². The van der Waals surface area contributed by atoms with Gasteiger partial charge >= 0.3 is 0 Å². The molecule has 4 nitrogen and oxygen atoms in total. The standard InChI is InChI=1S/C7H13N3O/c1-3-6-9-7(11-10-6)5-8-4-2/h8H,3-5H2,1-2H3. The summed E-state index contributed by atoms with van der Waals surface area (Å²) in [4.78, 5) is 4.13. The van der Waals surface area contributed by atoms with Gasteiger partial charge in [-0.2, -0.15) is 4.98 Å². The highest BCUT2D eigenvalue weighted by Gasteiger charge is 2.01.